The Morgan fingerprint density at radius 1 is 1.31 bits per heavy atom. The zero-order chi connectivity index (χ0) is 11.9. The third-order valence-electron chi connectivity index (χ3n) is 3.58. The summed E-state index contributed by atoms with van der Waals surface area (Å²) in [5, 5.41) is 2.04. The molecule has 0 amide bonds. The zero-order valence-corrected chi connectivity index (χ0v) is 10.2. The van der Waals surface area contributed by atoms with Crippen LogP contribution in [0.3, 0.4) is 0 Å². The van der Waals surface area contributed by atoms with Crippen molar-refractivity contribution in [1.82, 2.24) is 0 Å². The van der Waals surface area contributed by atoms with Gasteiger partial charge in [0.15, 0.2) is 0 Å². The first-order valence-electron chi connectivity index (χ1n) is 5.05. The summed E-state index contributed by atoms with van der Waals surface area (Å²) in [6.45, 7) is 1.78. The van der Waals surface area contributed by atoms with E-state index in [0.717, 1.165) is 0 Å². The monoisotopic (exact) mass is 242 g/mol. The standard InChI is InChI=1S/C11H14O4S/c1-11(10(13)15-3)7(9(12)14-2)6-4-5-16-8(6)11/h4-8H,1-3H3. The summed E-state index contributed by atoms with van der Waals surface area (Å²) in [5.74, 6) is -0.982. The maximum Gasteiger partial charge on any atom is 0.313 e. The summed E-state index contributed by atoms with van der Waals surface area (Å²) < 4.78 is 9.56. The Morgan fingerprint density at radius 3 is 2.56 bits per heavy atom. The normalized spacial score (nSPS) is 39.8. The predicted octanol–water partition coefficient (Wildman–Crippen LogP) is 1.21. The summed E-state index contributed by atoms with van der Waals surface area (Å²) >= 11 is 1.59. The SMILES string of the molecule is COC(=O)C1C2C=CSC2C1(C)C(=O)OC. The number of carbonyl (C=O) groups excluding carboxylic acids is 2. The van der Waals surface area contributed by atoms with Crippen molar-refractivity contribution in [1.29, 1.82) is 0 Å². The van der Waals surface area contributed by atoms with Crippen molar-refractivity contribution in [3.63, 3.8) is 0 Å². The Hall–Kier alpha value is -0.970. The number of hydrogen-bond donors (Lipinski definition) is 0. The minimum absolute atomic E-state index is 0.0987. The van der Waals surface area contributed by atoms with Gasteiger partial charge in [-0.25, -0.2) is 0 Å². The van der Waals surface area contributed by atoms with Gasteiger partial charge in [-0.15, -0.1) is 11.8 Å². The van der Waals surface area contributed by atoms with E-state index in [-0.39, 0.29) is 23.1 Å². The fourth-order valence-electron chi connectivity index (χ4n) is 2.69. The van der Waals surface area contributed by atoms with Crippen LogP contribution in [0.4, 0.5) is 0 Å². The Bertz CT molecular complexity index is 365. The van der Waals surface area contributed by atoms with E-state index in [1.807, 2.05) is 11.5 Å². The largest absolute Gasteiger partial charge is 0.469 e. The van der Waals surface area contributed by atoms with E-state index in [4.69, 9.17) is 9.47 Å². The van der Waals surface area contributed by atoms with E-state index < -0.39 is 11.3 Å². The topological polar surface area (TPSA) is 52.6 Å². The molecule has 0 aromatic heterocycles. The Balaban J connectivity index is 2.30. The molecular formula is C11H14O4S. The van der Waals surface area contributed by atoms with Crippen molar-refractivity contribution in [2.75, 3.05) is 14.2 Å². The van der Waals surface area contributed by atoms with Gasteiger partial charge < -0.3 is 9.47 Å². The molecular weight excluding hydrogens is 228 g/mol. The second kappa shape index (κ2) is 3.80. The maximum absolute atomic E-state index is 11.8. The molecule has 88 valence electrons. The molecule has 0 radical (unpaired) electrons. The third kappa shape index (κ3) is 1.24. The van der Waals surface area contributed by atoms with E-state index in [2.05, 4.69) is 0 Å². The number of methoxy groups -OCH3 is 2. The van der Waals surface area contributed by atoms with Crippen molar-refractivity contribution in [3.05, 3.63) is 11.5 Å². The van der Waals surface area contributed by atoms with Gasteiger partial charge in [-0.05, 0) is 12.3 Å². The molecule has 0 N–H and O–H groups in total. The van der Waals surface area contributed by atoms with E-state index in [1.54, 1.807) is 18.7 Å². The van der Waals surface area contributed by atoms with Gasteiger partial charge in [0.05, 0.1) is 25.6 Å². The van der Waals surface area contributed by atoms with Crippen LogP contribution in [0.15, 0.2) is 11.5 Å². The van der Waals surface area contributed by atoms with Crippen LogP contribution in [0, 0.1) is 17.3 Å². The lowest BCUT2D eigenvalue weighted by atomic mass is 9.54. The van der Waals surface area contributed by atoms with Gasteiger partial charge in [-0.3, -0.25) is 9.59 Å². The molecule has 4 nitrogen and oxygen atoms in total. The average Bonchev–Trinajstić information content (AvgIpc) is 2.72. The number of hydrogen-bond acceptors (Lipinski definition) is 5. The van der Waals surface area contributed by atoms with Crippen LogP contribution in [-0.2, 0) is 19.1 Å². The van der Waals surface area contributed by atoms with Crippen LogP contribution >= 0.6 is 11.8 Å². The maximum atomic E-state index is 11.8. The molecule has 0 spiro atoms. The van der Waals surface area contributed by atoms with Gasteiger partial charge in [0, 0.05) is 11.2 Å². The van der Waals surface area contributed by atoms with Crippen molar-refractivity contribution >= 4 is 23.7 Å². The van der Waals surface area contributed by atoms with E-state index in [1.165, 1.54) is 14.2 Å². The number of ether oxygens (including phenoxy) is 2. The van der Waals surface area contributed by atoms with Crippen molar-refractivity contribution in [2.45, 2.75) is 12.2 Å². The fourth-order valence-corrected chi connectivity index (χ4v) is 4.09. The van der Waals surface area contributed by atoms with Crippen molar-refractivity contribution in [2.24, 2.45) is 17.3 Å². The Kier molecular flexibility index (Phi) is 2.74. The summed E-state index contributed by atoms with van der Waals surface area (Å²) in [4.78, 5) is 23.5. The summed E-state index contributed by atoms with van der Waals surface area (Å²) in [5.41, 5.74) is -0.763. The lowest BCUT2D eigenvalue weighted by Crippen LogP contribution is -2.63. The average molecular weight is 242 g/mol. The number of fused-ring (bicyclic) bond motifs is 1. The number of carbonyl (C=O) groups is 2. The zero-order valence-electron chi connectivity index (χ0n) is 9.43. The molecule has 0 aromatic carbocycles. The van der Waals surface area contributed by atoms with Gasteiger partial charge in [-0.1, -0.05) is 6.08 Å². The van der Waals surface area contributed by atoms with Gasteiger partial charge in [-0.2, -0.15) is 0 Å². The molecule has 1 fully saturated rings. The summed E-state index contributed by atoms with van der Waals surface area (Å²) in [6.07, 6.45) is 1.97. The molecule has 5 heteroatoms. The van der Waals surface area contributed by atoms with E-state index in [0.29, 0.717) is 0 Å². The van der Waals surface area contributed by atoms with Gasteiger partial charge in [0.2, 0.25) is 0 Å². The van der Waals surface area contributed by atoms with E-state index in [9.17, 15) is 9.59 Å². The smallest absolute Gasteiger partial charge is 0.313 e. The van der Waals surface area contributed by atoms with Crippen LogP contribution in [0.25, 0.3) is 0 Å². The molecule has 2 rings (SSSR count). The van der Waals surface area contributed by atoms with Gasteiger partial charge >= 0.3 is 11.9 Å². The minimum atomic E-state index is -0.763. The first-order valence-corrected chi connectivity index (χ1v) is 6.00. The highest BCUT2D eigenvalue weighted by Crippen LogP contribution is 2.61. The Labute approximate surface area is 98.4 Å². The second-order valence-corrected chi connectivity index (χ2v) is 5.29. The summed E-state index contributed by atoms with van der Waals surface area (Å²) in [7, 11) is 2.70. The molecule has 1 heterocycles. The van der Waals surface area contributed by atoms with Crippen LogP contribution in [0.1, 0.15) is 6.92 Å². The highest BCUT2D eigenvalue weighted by Gasteiger charge is 2.67. The van der Waals surface area contributed by atoms with Crippen molar-refractivity contribution < 1.29 is 19.1 Å². The molecule has 0 bridgehead atoms. The van der Waals surface area contributed by atoms with Crippen LogP contribution in [0.5, 0.6) is 0 Å². The first-order chi connectivity index (χ1) is 7.57. The lowest BCUT2D eigenvalue weighted by Gasteiger charge is -2.52. The third-order valence-corrected chi connectivity index (χ3v) is 4.99. The highest BCUT2D eigenvalue weighted by molar-refractivity contribution is 8.03. The number of thioether (sulfide) groups is 1. The van der Waals surface area contributed by atoms with Crippen LogP contribution < -0.4 is 0 Å². The minimum Gasteiger partial charge on any atom is -0.469 e. The van der Waals surface area contributed by atoms with Crippen LogP contribution in [0.2, 0.25) is 0 Å². The Morgan fingerprint density at radius 2 is 2.00 bits per heavy atom. The second-order valence-electron chi connectivity index (χ2n) is 4.24. The lowest BCUT2D eigenvalue weighted by molar-refractivity contribution is -0.179. The van der Waals surface area contributed by atoms with Gasteiger partial charge in [0.25, 0.3) is 0 Å². The molecule has 4 unspecified atom stereocenters. The first kappa shape index (κ1) is 11.5. The molecule has 1 aliphatic heterocycles. The quantitative estimate of drug-likeness (QED) is 0.681. The number of allylic oxidation sites excluding steroid dienone is 1. The summed E-state index contributed by atoms with van der Waals surface area (Å²) in [6, 6.07) is 0. The van der Waals surface area contributed by atoms with E-state index >= 15 is 0 Å². The molecule has 0 aromatic rings. The highest BCUT2D eigenvalue weighted by atomic mass is 32.2. The number of rotatable bonds is 2. The van der Waals surface area contributed by atoms with Crippen LogP contribution in [-0.4, -0.2) is 31.4 Å². The molecule has 1 saturated carbocycles. The molecule has 0 saturated heterocycles. The molecule has 4 atom stereocenters. The van der Waals surface area contributed by atoms with Crippen molar-refractivity contribution in [3.8, 4) is 0 Å². The fraction of sp³-hybridized carbons (Fsp3) is 0.636. The predicted molar refractivity (Wildman–Crippen MR) is 59.6 cm³/mol. The van der Waals surface area contributed by atoms with Gasteiger partial charge in [0.1, 0.15) is 0 Å². The molecule has 2 aliphatic rings. The number of esters is 2. The molecule has 1 aliphatic carbocycles. The molecule has 16 heavy (non-hydrogen) atoms.